The number of nitrogens with one attached hydrogen (secondary N) is 1. The Morgan fingerprint density at radius 1 is 1.50 bits per heavy atom. The Bertz CT molecular complexity index is 152. The van der Waals surface area contributed by atoms with Gasteiger partial charge in [-0.1, -0.05) is 13.3 Å². The largest absolute Gasteiger partial charge is 0.356 e. The summed E-state index contributed by atoms with van der Waals surface area (Å²) < 4.78 is 0. The van der Waals surface area contributed by atoms with E-state index in [1.807, 2.05) is 6.92 Å². The molecule has 0 aromatic rings. The lowest BCUT2D eigenvalue weighted by molar-refractivity contribution is -0.127. The first-order valence-electron chi connectivity index (χ1n) is 5.07. The SMILES string of the molecule is CCNC(=O)C(CC)C1CCC1. The van der Waals surface area contributed by atoms with Crippen LogP contribution in [0.25, 0.3) is 0 Å². The third kappa shape index (κ3) is 1.99. The third-order valence-electron chi connectivity index (χ3n) is 2.85. The van der Waals surface area contributed by atoms with Crippen molar-refractivity contribution >= 4 is 5.91 Å². The summed E-state index contributed by atoms with van der Waals surface area (Å²) in [6.07, 6.45) is 4.84. The number of carbonyl (C=O) groups excluding carboxylic acids is 1. The zero-order valence-corrected chi connectivity index (χ0v) is 8.10. The zero-order chi connectivity index (χ0) is 8.97. The third-order valence-corrected chi connectivity index (χ3v) is 2.85. The maximum atomic E-state index is 11.5. The van der Waals surface area contributed by atoms with E-state index in [1.165, 1.54) is 19.3 Å². The molecule has 1 unspecified atom stereocenters. The van der Waals surface area contributed by atoms with Crippen molar-refractivity contribution < 1.29 is 4.79 Å². The number of carbonyl (C=O) groups is 1. The quantitative estimate of drug-likeness (QED) is 0.684. The van der Waals surface area contributed by atoms with Crippen molar-refractivity contribution in [1.82, 2.24) is 5.32 Å². The van der Waals surface area contributed by atoms with Gasteiger partial charge in [0.15, 0.2) is 0 Å². The van der Waals surface area contributed by atoms with Gasteiger partial charge in [-0.25, -0.2) is 0 Å². The summed E-state index contributed by atoms with van der Waals surface area (Å²) in [6.45, 7) is 4.85. The molecule has 0 bridgehead atoms. The van der Waals surface area contributed by atoms with Crippen LogP contribution < -0.4 is 5.32 Å². The summed E-state index contributed by atoms with van der Waals surface area (Å²) >= 11 is 0. The highest BCUT2D eigenvalue weighted by Gasteiger charge is 2.30. The molecule has 0 aromatic heterocycles. The first kappa shape index (κ1) is 9.56. The van der Waals surface area contributed by atoms with E-state index in [-0.39, 0.29) is 5.91 Å². The molecule has 1 aliphatic rings. The molecule has 1 aliphatic carbocycles. The fourth-order valence-electron chi connectivity index (χ4n) is 1.88. The molecule has 70 valence electrons. The van der Waals surface area contributed by atoms with Crippen LogP contribution in [0.3, 0.4) is 0 Å². The highest BCUT2D eigenvalue weighted by molar-refractivity contribution is 5.78. The topological polar surface area (TPSA) is 29.1 Å². The van der Waals surface area contributed by atoms with Crippen LogP contribution in [0.2, 0.25) is 0 Å². The van der Waals surface area contributed by atoms with Crippen molar-refractivity contribution in [1.29, 1.82) is 0 Å². The predicted octanol–water partition coefficient (Wildman–Crippen LogP) is 1.95. The predicted molar refractivity (Wildman–Crippen MR) is 49.8 cm³/mol. The van der Waals surface area contributed by atoms with Gasteiger partial charge < -0.3 is 5.32 Å². The molecule has 0 aliphatic heterocycles. The second-order valence-electron chi connectivity index (χ2n) is 3.60. The zero-order valence-electron chi connectivity index (χ0n) is 8.10. The molecule has 0 aromatic carbocycles. The van der Waals surface area contributed by atoms with Crippen LogP contribution in [0.15, 0.2) is 0 Å². The van der Waals surface area contributed by atoms with Crippen molar-refractivity contribution in [2.24, 2.45) is 11.8 Å². The van der Waals surface area contributed by atoms with E-state index in [0.29, 0.717) is 11.8 Å². The van der Waals surface area contributed by atoms with Crippen molar-refractivity contribution in [3.05, 3.63) is 0 Å². The Morgan fingerprint density at radius 3 is 2.50 bits per heavy atom. The fourth-order valence-corrected chi connectivity index (χ4v) is 1.88. The van der Waals surface area contributed by atoms with Crippen LogP contribution in [0.5, 0.6) is 0 Å². The van der Waals surface area contributed by atoms with Gasteiger partial charge >= 0.3 is 0 Å². The minimum absolute atomic E-state index is 0.268. The molecule has 2 nitrogen and oxygen atoms in total. The summed E-state index contributed by atoms with van der Waals surface area (Å²) in [7, 11) is 0. The Kier molecular flexibility index (Phi) is 3.57. The lowest BCUT2D eigenvalue weighted by atomic mass is 9.74. The highest BCUT2D eigenvalue weighted by Crippen LogP contribution is 2.35. The lowest BCUT2D eigenvalue weighted by Crippen LogP contribution is -2.36. The van der Waals surface area contributed by atoms with Crippen molar-refractivity contribution in [2.45, 2.75) is 39.5 Å². The van der Waals surface area contributed by atoms with E-state index in [1.54, 1.807) is 0 Å². The first-order chi connectivity index (χ1) is 5.79. The second-order valence-corrected chi connectivity index (χ2v) is 3.60. The van der Waals surface area contributed by atoms with Gasteiger partial charge in [0.05, 0.1) is 0 Å². The standard InChI is InChI=1S/C10H19NO/c1-3-9(8-6-5-7-8)10(12)11-4-2/h8-9H,3-7H2,1-2H3,(H,11,12). The summed E-state index contributed by atoms with van der Waals surface area (Å²) in [6, 6.07) is 0. The van der Waals surface area contributed by atoms with Crippen LogP contribution in [0.4, 0.5) is 0 Å². The molecule has 2 heteroatoms. The molecule has 1 rings (SSSR count). The van der Waals surface area contributed by atoms with E-state index < -0.39 is 0 Å². The Morgan fingerprint density at radius 2 is 2.17 bits per heavy atom. The summed E-state index contributed by atoms with van der Waals surface area (Å²) in [5, 5.41) is 2.91. The van der Waals surface area contributed by atoms with Crippen molar-refractivity contribution in [2.75, 3.05) is 6.54 Å². The van der Waals surface area contributed by atoms with E-state index >= 15 is 0 Å². The molecule has 1 fully saturated rings. The lowest BCUT2D eigenvalue weighted by Gasteiger charge is -2.32. The van der Waals surface area contributed by atoms with Crippen LogP contribution in [-0.2, 0) is 4.79 Å². The maximum Gasteiger partial charge on any atom is 0.223 e. The Hall–Kier alpha value is -0.530. The Balaban J connectivity index is 2.37. The molecular weight excluding hydrogens is 150 g/mol. The van der Waals surface area contributed by atoms with Gasteiger partial charge in [0.2, 0.25) is 5.91 Å². The number of amides is 1. The van der Waals surface area contributed by atoms with E-state index in [4.69, 9.17) is 0 Å². The summed E-state index contributed by atoms with van der Waals surface area (Å²) in [5.41, 5.74) is 0. The van der Waals surface area contributed by atoms with Crippen LogP contribution in [-0.4, -0.2) is 12.5 Å². The molecule has 0 saturated heterocycles. The molecule has 1 saturated carbocycles. The minimum Gasteiger partial charge on any atom is -0.356 e. The van der Waals surface area contributed by atoms with Gasteiger partial charge in [0.1, 0.15) is 0 Å². The van der Waals surface area contributed by atoms with E-state index in [9.17, 15) is 4.79 Å². The second kappa shape index (κ2) is 4.48. The number of hydrogen-bond acceptors (Lipinski definition) is 1. The summed E-state index contributed by atoms with van der Waals surface area (Å²) in [4.78, 5) is 11.5. The van der Waals surface area contributed by atoms with E-state index in [2.05, 4.69) is 12.2 Å². The van der Waals surface area contributed by atoms with Crippen molar-refractivity contribution in [3.8, 4) is 0 Å². The van der Waals surface area contributed by atoms with Crippen molar-refractivity contribution in [3.63, 3.8) is 0 Å². The fraction of sp³-hybridized carbons (Fsp3) is 0.900. The number of rotatable bonds is 4. The number of hydrogen-bond donors (Lipinski definition) is 1. The average molecular weight is 169 g/mol. The van der Waals surface area contributed by atoms with Gasteiger partial charge in [0.25, 0.3) is 0 Å². The van der Waals surface area contributed by atoms with Gasteiger partial charge in [-0.05, 0) is 32.1 Å². The molecular formula is C10H19NO. The molecule has 0 spiro atoms. The molecule has 1 N–H and O–H groups in total. The van der Waals surface area contributed by atoms with Gasteiger partial charge in [0, 0.05) is 12.5 Å². The molecule has 1 atom stereocenters. The summed E-state index contributed by atoms with van der Waals surface area (Å²) in [5.74, 6) is 1.24. The highest BCUT2D eigenvalue weighted by atomic mass is 16.1. The first-order valence-corrected chi connectivity index (χ1v) is 5.07. The van der Waals surface area contributed by atoms with Crippen LogP contribution >= 0.6 is 0 Å². The smallest absolute Gasteiger partial charge is 0.223 e. The van der Waals surface area contributed by atoms with Gasteiger partial charge in [-0.3, -0.25) is 4.79 Å². The van der Waals surface area contributed by atoms with Gasteiger partial charge in [-0.15, -0.1) is 0 Å². The minimum atomic E-state index is 0.268. The van der Waals surface area contributed by atoms with Crippen LogP contribution in [0, 0.1) is 11.8 Å². The molecule has 1 amide bonds. The molecule has 0 heterocycles. The van der Waals surface area contributed by atoms with E-state index in [0.717, 1.165) is 13.0 Å². The van der Waals surface area contributed by atoms with Crippen LogP contribution in [0.1, 0.15) is 39.5 Å². The molecule has 12 heavy (non-hydrogen) atoms. The normalized spacial score (nSPS) is 19.8. The van der Waals surface area contributed by atoms with Gasteiger partial charge in [-0.2, -0.15) is 0 Å². The monoisotopic (exact) mass is 169 g/mol. The maximum absolute atomic E-state index is 11.5. The average Bonchev–Trinajstić information content (AvgIpc) is 1.96. The Labute approximate surface area is 74.7 Å². The molecule has 0 radical (unpaired) electrons.